The van der Waals surface area contributed by atoms with Gasteiger partial charge in [0.25, 0.3) is 0 Å². The van der Waals surface area contributed by atoms with Gasteiger partial charge in [0.15, 0.2) is 0 Å². The average molecular weight is 466 g/mol. The molecule has 0 unspecified atom stereocenters. The minimum absolute atomic E-state index is 0.0426. The highest BCUT2D eigenvalue weighted by atomic mass is 79.9. The molecule has 2 N–H and O–H groups in total. The fraction of sp³-hybridized carbons (Fsp3) is 0.333. The van der Waals surface area contributed by atoms with E-state index in [9.17, 15) is 18.3 Å². The molecular weight excluding hydrogens is 449 g/mol. The largest absolute Gasteiger partial charge is 0.573 e. The molecule has 146 valence electrons. The second kappa shape index (κ2) is 8.26. The van der Waals surface area contributed by atoms with Crippen LogP contribution in [0.25, 0.3) is 0 Å². The lowest BCUT2D eigenvalue weighted by atomic mass is 9.95. The summed E-state index contributed by atoms with van der Waals surface area (Å²) < 4.78 is 41.9. The van der Waals surface area contributed by atoms with Crippen LogP contribution in [0.15, 0.2) is 40.9 Å². The third kappa shape index (κ3) is 5.07. The highest BCUT2D eigenvalue weighted by Gasteiger charge is 2.32. The van der Waals surface area contributed by atoms with Gasteiger partial charge in [0.1, 0.15) is 11.5 Å². The minimum atomic E-state index is -4.74. The maximum absolute atomic E-state index is 12.4. The number of alkyl halides is 3. The molecule has 2 aromatic rings. The van der Waals surface area contributed by atoms with Gasteiger partial charge in [-0.1, -0.05) is 39.7 Å². The van der Waals surface area contributed by atoms with E-state index in [2.05, 4.69) is 30.9 Å². The van der Waals surface area contributed by atoms with Crippen molar-refractivity contribution >= 4 is 27.5 Å². The van der Waals surface area contributed by atoms with Crippen LogP contribution < -0.4 is 10.1 Å². The smallest absolute Gasteiger partial charge is 0.506 e. The number of hydrogen-bond acceptors (Lipinski definition) is 4. The number of nitrogens with one attached hydrogen (secondary N) is 1. The third-order valence-corrected chi connectivity index (χ3v) is 5.04. The highest BCUT2D eigenvalue weighted by molar-refractivity contribution is 9.10. The van der Waals surface area contributed by atoms with Crippen LogP contribution >= 0.6 is 27.5 Å². The Morgan fingerprint density at radius 1 is 1.15 bits per heavy atom. The Hall–Kier alpha value is -1.48. The maximum Gasteiger partial charge on any atom is 0.573 e. The fourth-order valence-electron chi connectivity index (χ4n) is 3.17. The van der Waals surface area contributed by atoms with Gasteiger partial charge in [-0.25, -0.2) is 0 Å². The standard InChI is InChI=1S/C18H17BrClF3N2O2/c19-12-9-14(17(26)15(20)10-12)16(25-7-5-24-6-8-25)11-1-3-13(4-2-11)27-18(21,22)23/h1-4,9-10,16,24,26H,5-8H2/t16-/m1/s1. The predicted octanol–water partition coefficient (Wildman–Crippen LogP) is 4.70. The highest BCUT2D eigenvalue weighted by Crippen LogP contribution is 2.40. The molecule has 9 heteroatoms. The number of aromatic hydroxyl groups is 1. The first-order valence-electron chi connectivity index (χ1n) is 8.23. The fourth-order valence-corrected chi connectivity index (χ4v) is 4.01. The van der Waals surface area contributed by atoms with E-state index < -0.39 is 6.36 Å². The quantitative estimate of drug-likeness (QED) is 0.687. The molecule has 0 spiro atoms. The van der Waals surface area contributed by atoms with E-state index in [0.717, 1.165) is 31.7 Å². The van der Waals surface area contributed by atoms with Crippen LogP contribution in [0.2, 0.25) is 5.02 Å². The molecule has 0 saturated carbocycles. The van der Waals surface area contributed by atoms with Crippen LogP contribution in [0.4, 0.5) is 13.2 Å². The molecule has 1 aliphatic heterocycles. The zero-order valence-electron chi connectivity index (χ0n) is 14.1. The number of rotatable bonds is 4. The Kier molecular flexibility index (Phi) is 6.20. The summed E-state index contributed by atoms with van der Waals surface area (Å²) in [6, 6.07) is 8.69. The van der Waals surface area contributed by atoms with Gasteiger partial charge in [0.2, 0.25) is 0 Å². The molecule has 0 aliphatic carbocycles. The molecule has 0 bridgehead atoms. The van der Waals surface area contributed by atoms with Gasteiger partial charge in [-0.3, -0.25) is 4.90 Å². The molecule has 1 aliphatic rings. The van der Waals surface area contributed by atoms with Crippen molar-refractivity contribution in [3.05, 3.63) is 57.0 Å². The summed E-state index contributed by atoms with van der Waals surface area (Å²) in [7, 11) is 0. The van der Waals surface area contributed by atoms with Crippen LogP contribution in [0.1, 0.15) is 17.2 Å². The van der Waals surface area contributed by atoms with Gasteiger partial charge in [-0.15, -0.1) is 13.2 Å². The summed E-state index contributed by atoms with van der Waals surface area (Å²) >= 11 is 9.52. The monoisotopic (exact) mass is 464 g/mol. The number of phenols is 1. The van der Waals surface area contributed by atoms with Crippen LogP contribution in [-0.2, 0) is 0 Å². The van der Waals surface area contributed by atoms with Crippen LogP contribution in [0, 0.1) is 0 Å². The summed E-state index contributed by atoms with van der Waals surface area (Å²) in [5.74, 6) is -0.333. The lowest BCUT2D eigenvalue weighted by Gasteiger charge is -2.36. The first-order chi connectivity index (χ1) is 12.7. The van der Waals surface area contributed by atoms with E-state index in [4.69, 9.17) is 11.6 Å². The van der Waals surface area contributed by atoms with Crippen molar-refractivity contribution in [1.29, 1.82) is 0 Å². The van der Waals surface area contributed by atoms with Crippen molar-refractivity contribution in [2.45, 2.75) is 12.4 Å². The van der Waals surface area contributed by atoms with E-state index in [1.807, 2.05) is 0 Å². The lowest BCUT2D eigenvalue weighted by molar-refractivity contribution is -0.274. The molecule has 1 saturated heterocycles. The van der Waals surface area contributed by atoms with Crippen molar-refractivity contribution in [2.75, 3.05) is 26.2 Å². The number of hydrogen-bond donors (Lipinski definition) is 2. The Balaban J connectivity index is 2.00. The van der Waals surface area contributed by atoms with Crippen LogP contribution in [0.3, 0.4) is 0 Å². The molecule has 1 heterocycles. The molecule has 3 rings (SSSR count). The van der Waals surface area contributed by atoms with Gasteiger partial charge in [0.05, 0.1) is 11.1 Å². The van der Waals surface area contributed by atoms with Crippen molar-refractivity contribution < 1.29 is 23.0 Å². The number of piperazine rings is 1. The third-order valence-electron chi connectivity index (χ3n) is 4.30. The van der Waals surface area contributed by atoms with Gasteiger partial charge in [0, 0.05) is 36.2 Å². The molecule has 27 heavy (non-hydrogen) atoms. The number of nitrogens with zero attached hydrogens (tertiary/aromatic N) is 1. The van der Waals surface area contributed by atoms with Crippen LogP contribution in [-0.4, -0.2) is 42.5 Å². The summed E-state index contributed by atoms with van der Waals surface area (Å²) in [6.45, 7) is 2.98. The number of ether oxygens (including phenoxy) is 1. The molecular formula is C18H17BrClF3N2O2. The molecule has 1 atom stereocenters. The van der Waals surface area contributed by atoms with Crippen molar-refractivity contribution in [3.63, 3.8) is 0 Å². The molecule has 4 nitrogen and oxygen atoms in total. The van der Waals surface area contributed by atoms with Gasteiger partial charge in [-0.2, -0.15) is 0 Å². The first-order valence-corrected chi connectivity index (χ1v) is 9.40. The maximum atomic E-state index is 12.4. The molecule has 0 radical (unpaired) electrons. The minimum Gasteiger partial charge on any atom is -0.506 e. The first kappa shape index (κ1) is 20.3. The predicted molar refractivity (Wildman–Crippen MR) is 100 cm³/mol. The Morgan fingerprint density at radius 2 is 1.78 bits per heavy atom. The topological polar surface area (TPSA) is 44.7 Å². The van der Waals surface area contributed by atoms with Gasteiger partial charge < -0.3 is 15.2 Å². The average Bonchev–Trinajstić information content (AvgIpc) is 2.60. The zero-order chi connectivity index (χ0) is 19.6. The number of phenolic OH excluding ortho intramolecular Hbond substituents is 1. The molecule has 0 aromatic heterocycles. The second-order valence-electron chi connectivity index (χ2n) is 6.13. The van der Waals surface area contributed by atoms with E-state index in [-0.39, 0.29) is 22.6 Å². The molecule has 1 fully saturated rings. The summed E-state index contributed by atoms with van der Waals surface area (Å²) in [5, 5.41) is 14.0. The summed E-state index contributed by atoms with van der Waals surface area (Å²) in [5.41, 5.74) is 1.32. The van der Waals surface area contributed by atoms with Gasteiger partial charge >= 0.3 is 6.36 Å². The molecule has 0 amide bonds. The van der Waals surface area contributed by atoms with E-state index in [1.54, 1.807) is 24.3 Å². The van der Waals surface area contributed by atoms with E-state index >= 15 is 0 Å². The SMILES string of the molecule is Oc1c(Cl)cc(Br)cc1[C@@H](c1ccc(OC(F)(F)F)cc1)N1CCNCC1. The number of halogens is 5. The Bertz CT molecular complexity index is 796. The summed E-state index contributed by atoms with van der Waals surface area (Å²) in [4.78, 5) is 2.15. The summed E-state index contributed by atoms with van der Waals surface area (Å²) in [6.07, 6.45) is -4.74. The van der Waals surface area contributed by atoms with Crippen molar-refractivity contribution in [2.24, 2.45) is 0 Å². The number of benzene rings is 2. The Labute approximate surface area is 168 Å². The zero-order valence-corrected chi connectivity index (χ0v) is 16.4. The van der Waals surface area contributed by atoms with E-state index in [0.29, 0.717) is 10.0 Å². The Morgan fingerprint density at radius 3 is 2.37 bits per heavy atom. The van der Waals surface area contributed by atoms with Crippen molar-refractivity contribution in [3.8, 4) is 11.5 Å². The second-order valence-corrected chi connectivity index (χ2v) is 7.45. The van der Waals surface area contributed by atoms with E-state index in [1.165, 1.54) is 12.1 Å². The lowest BCUT2D eigenvalue weighted by Crippen LogP contribution is -2.45. The molecule has 2 aromatic carbocycles. The van der Waals surface area contributed by atoms with Crippen molar-refractivity contribution in [1.82, 2.24) is 10.2 Å². The normalized spacial score (nSPS) is 16.9. The van der Waals surface area contributed by atoms with Gasteiger partial charge in [-0.05, 0) is 29.8 Å². The van der Waals surface area contributed by atoms with Crippen LogP contribution in [0.5, 0.6) is 11.5 Å².